The molecule has 0 radical (unpaired) electrons. The molecular formula is C11H13NO3. The zero-order valence-electron chi connectivity index (χ0n) is 8.53. The molecule has 4 nitrogen and oxygen atoms in total. The molecule has 1 saturated heterocycles. The van der Waals surface area contributed by atoms with Gasteiger partial charge in [0.2, 0.25) is 5.91 Å². The van der Waals surface area contributed by atoms with Gasteiger partial charge in [-0.1, -0.05) is 18.2 Å². The fourth-order valence-electron chi connectivity index (χ4n) is 1.62. The largest absolute Gasteiger partial charge is 0.496 e. The minimum atomic E-state index is -0.112. The molecule has 1 amide bonds. The van der Waals surface area contributed by atoms with Crippen LogP contribution in [-0.2, 0) is 9.53 Å². The highest BCUT2D eigenvalue weighted by atomic mass is 16.5. The van der Waals surface area contributed by atoms with Crippen molar-refractivity contribution < 1.29 is 14.3 Å². The van der Waals surface area contributed by atoms with Gasteiger partial charge in [0.15, 0.2) is 0 Å². The van der Waals surface area contributed by atoms with Gasteiger partial charge in [0.25, 0.3) is 0 Å². The lowest BCUT2D eigenvalue weighted by atomic mass is 10.1. The van der Waals surface area contributed by atoms with Crippen LogP contribution in [0.1, 0.15) is 11.7 Å². The number of hydrogen-bond donors (Lipinski definition) is 1. The zero-order chi connectivity index (χ0) is 10.7. The molecule has 0 spiro atoms. The van der Waals surface area contributed by atoms with Crippen LogP contribution in [0.5, 0.6) is 5.75 Å². The number of hydrogen-bond acceptors (Lipinski definition) is 3. The Hall–Kier alpha value is -1.55. The number of morpholine rings is 1. The predicted octanol–water partition coefficient (Wildman–Crippen LogP) is 0.883. The molecule has 15 heavy (non-hydrogen) atoms. The molecule has 2 rings (SSSR count). The van der Waals surface area contributed by atoms with Gasteiger partial charge in [0.05, 0.1) is 7.11 Å². The van der Waals surface area contributed by atoms with Crippen molar-refractivity contribution in [2.45, 2.75) is 6.10 Å². The number of carbonyl (C=O) groups excluding carboxylic acids is 1. The summed E-state index contributed by atoms with van der Waals surface area (Å²) in [5.41, 5.74) is 0.972. The molecule has 1 N–H and O–H groups in total. The molecule has 0 saturated carbocycles. The lowest BCUT2D eigenvalue weighted by Crippen LogP contribution is -2.38. The summed E-state index contributed by atoms with van der Waals surface area (Å²) in [6.07, 6.45) is -0.112. The third-order valence-corrected chi connectivity index (χ3v) is 2.39. The maximum atomic E-state index is 10.9. The van der Waals surface area contributed by atoms with E-state index in [0.717, 1.165) is 11.3 Å². The van der Waals surface area contributed by atoms with Gasteiger partial charge in [-0.2, -0.15) is 0 Å². The number of carbonyl (C=O) groups is 1. The number of ether oxygens (including phenoxy) is 2. The fraction of sp³-hybridized carbons (Fsp3) is 0.364. The second-order valence-electron chi connectivity index (χ2n) is 3.35. The van der Waals surface area contributed by atoms with E-state index in [1.165, 1.54) is 0 Å². The lowest BCUT2D eigenvalue weighted by molar-refractivity contribution is -0.133. The lowest BCUT2D eigenvalue weighted by Gasteiger charge is -2.24. The van der Waals surface area contributed by atoms with Crippen molar-refractivity contribution in [3.63, 3.8) is 0 Å². The zero-order valence-corrected chi connectivity index (χ0v) is 8.53. The molecule has 0 unspecified atom stereocenters. The van der Waals surface area contributed by atoms with E-state index in [1.807, 2.05) is 24.3 Å². The first-order valence-electron chi connectivity index (χ1n) is 4.82. The molecule has 1 heterocycles. The van der Waals surface area contributed by atoms with Gasteiger partial charge in [-0.05, 0) is 6.07 Å². The minimum absolute atomic E-state index is 0.0684. The summed E-state index contributed by atoms with van der Waals surface area (Å²) < 4.78 is 10.7. The van der Waals surface area contributed by atoms with Crippen LogP contribution < -0.4 is 10.1 Å². The van der Waals surface area contributed by atoms with Crippen molar-refractivity contribution in [2.24, 2.45) is 0 Å². The molecule has 80 valence electrons. The number of rotatable bonds is 2. The van der Waals surface area contributed by atoms with Crippen LogP contribution in [0.2, 0.25) is 0 Å². The number of amides is 1. The van der Waals surface area contributed by atoms with Gasteiger partial charge in [-0.25, -0.2) is 0 Å². The minimum Gasteiger partial charge on any atom is -0.496 e. The van der Waals surface area contributed by atoms with Crippen LogP contribution in [0, 0.1) is 0 Å². The first-order chi connectivity index (χ1) is 7.31. The van der Waals surface area contributed by atoms with E-state index in [1.54, 1.807) is 7.11 Å². The van der Waals surface area contributed by atoms with Crippen LogP contribution >= 0.6 is 0 Å². The maximum Gasteiger partial charge on any atom is 0.246 e. The van der Waals surface area contributed by atoms with E-state index in [4.69, 9.17) is 9.47 Å². The Bertz CT molecular complexity index is 355. The third-order valence-electron chi connectivity index (χ3n) is 2.39. The van der Waals surface area contributed by atoms with E-state index in [9.17, 15) is 4.79 Å². The van der Waals surface area contributed by atoms with Crippen LogP contribution in [-0.4, -0.2) is 26.2 Å². The molecule has 1 aromatic carbocycles. The molecule has 1 atom stereocenters. The summed E-state index contributed by atoms with van der Waals surface area (Å²) in [6, 6.07) is 7.66. The quantitative estimate of drug-likeness (QED) is 0.783. The van der Waals surface area contributed by atoms with Crippen molar-refractivity contribution in [3.8, 4) is 5.75 Å². The number of methoxy groups -OCH3 is 1. The van der Waals surface area contributed by atoms with Crippen LogP contribution in [0.25, 0.3) is 0 Å². The first-order valence-corrected chi connectivity index (χ1v) is 4.82. The molecule has 1 aromatic rings. The smallest absolute Gasteiger partial charge is 0.246 e. The van der Waals surface area contributed by atoms with E-state index < -0.39 is 0 Å². The first kappa shape index (κ1) is 9.98. The Morgan fingerprint density at radius 3 is 2.93 bits per heavy atom. The molecule has 0 aliphatic carbocycles. The van der Waals surface area contributed by atoms with Gasteiger partial charge >= 0.3 is 0 Å². The molecule has 0 bridgehead atoms. The van der Waals surface area contributed by atoms with Crippen molar-refractivity contribution >= 4 is 5.91 Å². The SMILES string of the molecule is COc1ccccc1[C@@H]1CNC(=O)CO1. The van der Waals surface area contributed by atoms with Gasteiger partial charge in [0, 0.05) is 12.1 Å². The number of para-hydroxylation sites is 1. The van der Waals surface area contributed by atoms with Crippen LogP contribution in [0.3, 0.4) is 0 Å². The highest BCUT2D eigenvalue weighted by Gasteiger charge is 2.22. The Balaban J connectivity index is 2.18. The summed E-state index contributed by atoms with van der Waals surface area (Å²) in [5, 5.41) is 2.76. The highest BCUT2D eigenvalue weighted by Crippen LogP contribution is 2.27. The average molecular weight is 207 g/mol. The molecule has 1 fully saturated rings. The van der Waals surface area contributed by atoms with E-state index in [-0.39, 0.29) is 18.6 Å². The topological polar surface area (TPSA) is 47.6 Å². The highest BCUT2D eigenvalue weighted by molar-refractivity contribution is 5.77. The van der Waals surface area contributed by atoms with Crippen molar-refractivity contribution in [1.82, 2.24) is 5.32 Å². The van der Waals surface area contributed by atoms with Gasteiger partial charge < -0.3 is 14.8 Å². The van der Waals surface area contributed by atoms with Gasteiger partial charge in [-0.3, -0.25) is 4.79 Å². The normalized spacial score (nSPS) is 20.9. The standard InChI is InChI=1S/C11H13NO3/c1-14-9-5-3-2-4-8(9)10-6-12-11(13)7-15-10/h2-5,10H,6-7H2,1H3,(H,12,13)/t10-/m0/s1. The third kappa shape index (κ3) is 2.10. The maximum absolute atomic E-state index is 10.9. The van der Waals surface area contributed by atoms with Crippen molar-refractivity contribution in [1.29, 1.82) is 0 Å². The van der Waals surface area contributed by atoms with Gasteiger partial charge in [0.1, 0.15) is 18.5 Å². The molecule has 4 heteroatoms. The Morgan fingerprint density at radius 1 is 1.47 bits per heavy atom. The number of nitrogens with one attached hydrogen (secondary N) is 1. The Labute approximate surface area is 88.2 Å². The monoisotopic (exact) mass is 207 g/mol. The second kappa shape index (κ2) is 4.31. The second-order valence-corrected chi connectivity index (χ2v) is 3.35. The van der Waals surface area contributed by atoms with E-state index in [0.29, 0.717) is 6.54 Å². The van der Waals surface area contributed by atoms with Crippen molar-refractivity contribution in [2.75, 3.05) is 20.3 Å². The Kier molecular flexibility index (Phi) is 2.87. The predicted molar refractivity (Wildman–Crippen MR) is 54.7 cm³/mol. The molecule has 0 aromatic heterocycles. The molecular weight excluding hydrogens is 194 g/mol. The number of benzene rings is 1. The molecule has 1 aliphatic heterocycles. The fourth-order valence-corrected chi connectivity index (χ4v) is 1.62. The van der Waals surface area contributed by atoms with E-state index >= 15 is 0 Å². The van der Waals surface area contributed by atoms with E-state index in [2.05, 4.69) is 5.32 Å². The summed E-state index contributed by atoms with van der Waals surface area (Å²) in [5.74, 6) is 0.722. The van der Waals surface area contributed by atoms with Crippen LogP contribution in [0.4, 0.5) is 0 Å². The summed E-state index contributed by atoms with van der Waals surface area (Å²) in [7, 11) is 1.63. The van der Waals surface area contributed by atoms with Crippen LogP contribution in [0.15, 0.2) is 24.3 Å². The van der Waals surface area contributed by atoms with Gasteiger partial charge in [-0.15, -0.1) is 0 Å². The molecule has 1 aliphatic rings. The van der Waals surface area contributed by atoms with Crippen molar-refractivity contribution in [3.05, 3.63) is 29.8 Å². The average Bonchev–Trinajstić information content (AvgIpc) is 2.30. The Morgan fingerprint density at radius 2 is 2.27 bits per heavy atom. The summed E-state index contributed by atoms with van der Waals surface area (Å²) in [6.45, 7) is 0.613. The summed E-state index contributed by atoms with van der Waals surface area (Å²) >= 11 is 0. The summed E-state index contributed by atoms with van der Waals surface area (Å²) in [4.78, 5) is 10.9.